The van der Waals surface area contributed by atoms with Crippen LogP contribution < -0.4 is 4.74 Å². The molecule has 1 aromatic carbocycles. The zero-order valence-corrected chi connectivity index (χ0v) is 9.85. The van der Waals surface area contributed by atoms with Crippen molar-refractivity contribution in [3.63, 3.8) is 0 Å². The standard InChI is InChI=1S/C13H13F3O/c1-12(2,3)8-7-10-5-4-6-11(9-10)17-13(14,15)16/h4-6,9H,1-3H3. The van der Waals surface area contributed by atoms with E-state index in [0.717, 1.165) is 0 Å². The van der Waals surface area contributed by atoms with E-state index in [2.05, 4.69) is 16.6 Å². The van der Waals surface area contributed by atoms with Crippen LogP contribution in [0.1, 0.15) is 26.3 Å². The number of benzene rings is 1. The van der Waals surface area contributed by atoms with Crippen molar-refractivity contribution >= 4 is 0 Å². The Bertz CT molecular complexity index is 444. The number of hydrogen-bond donors (Lipinski definition) is 0. The fourth-order valence-electron chi connectivity index (χ4n) is 1.03. The average molecular weight is 242 g/mol. The van der Waals surface area contributed by atoms with E-state index >= 15 is 0 Å². The van der Waals surface area contributed by atoms with Crippen LogP contribution in [0.3, 0.4) is 0 Å². The third-order valence-electron chi connectivity index (χ3n) is 1.65. The van der Waals surface area contributed by atoms with Crippen molar-refractivity contribution in [3.8, 4) is 17.6 Å². The van der Waals surface area contributed by atoms with E-state index in [0.29, 0.717) is 5.56 Å². The lowest BCUT2D eigenvalue weighted by Gasteiger charge is -2.09. The van der Waals surface area contributed by atoms with Gasteiger partial charge in [0.1, 0.15) is 5.75 Å². The number of hydrogen-bond acceptors (Lipinski definition) is 1. The molecule has 0 spiro atoms. The maximum Gasteiger partial charge on any atom is 0.573 e. The highest BCUT2D eigenvalue weighted by Gasteiger charge is 2.31. The summed E-state index contributed by atoms with van der Waals surface area (Å²) in [6, 6.07) is 5.64. The van der Waals surface area contributed by atoms with Gasteiger partial charge < -0.3 is 4.74 Å². The summed E-state index contributed by atoms with van der Waals surface area (Å²) in [7, 11) is 0. The third kappa shape index (κ3) is 5.86. The summed E-state index contributed by atoms with van der Waals surface area (Å²) in [6.45, 7) is 5.78. The van der Waals surface area contributed by atoms with Gasteiger partial charge in [-0.15, -0.1) is 13.2 Å². The molecule has 0 amide bonds. The van der Waals surface area contributed by atoms with Crippen LogP contribution in [-0.4, -0.2) is 6.36 Å². The molecule has 0 radical (unpaired) electrons. The van der Waals surface area contributed by atoms with Gasteiger partial charge in [-0.25, -0.2) is 0 Å². The summed E-state index contributed by atoms with van der Waals surface area (Å²) in [5.74, 6) is 5.50. The predicted molar refractivity (Wildman–Crippen MR) is 59.5 cm³/mol. The minimum Gasteiger partial charge on any atom is -0.406 e. The molecule has 0 saturated carbocycles. The molecule has 0 aliphatic rings. The van der Waals surface area contributed by atoms with Crippen molar-refractivity contribution in [1.82, 2.24) is 0 Å². The molecule has 0 saturated heterocycles. The molecule has 0 aliphatic heterocycles. The molecule has 0 heterocycles. The monoisotopic (exact) mass is 242 g/mol. The van der Waals surface area contributed by atoms with Crippen LogP contribution >= 0.6 is 0 Å². The first kappa shape index (κ1) is 13.4. The SMILES string of the molecule is CC(C)(C)C#Cc1cccc(OC(F)(F)F)c1. The Morgan fingerprint density at radius 3 is 2.29 bits per heavy atom. The number of ether oxygens (including phenoxy) is 1. The van der Waals surface area contributed by atoms with Crippen LogP contribution in [0.25, 0.3) is 0 Å². The number of alkyl halides is 3. The second kappa shape index (κ2) is 4.70. The Balaban J connectivity index is 2.90. The largest absolute Gasteiger partial charge is 0.573 e. The van der Waals surface area contributed by atoms with Crippen molar-refractivity contribution in [2.45, 2.75) is 27.1 Å². The Morgan fingerprint density at radius 2 is 1.76 bits per heavy atom. The molecule has 0 unspecified atom stereocenters. The van der Waals surface area contributed by atoms with Gasteiger partial charge in [0.05, 0.1) is 0 Å². The van der Waals surface area contributed by atoms with E-state index < -0.39 is 6.36 Å². The second-order valence-corrected chi connectivity index (χ2v) is 4.58. The minimum atomic E-state index is -4.67. The van der Waals surface area contributed by atoms with Gasteiger partial charge in [0.2, 0.25) is 0 Å². The molecule has 1 nitrogen and oxygen atoms in total. The molecule has 1 aromatic rings. The molecule has 0 aliphatic carbocycles. The summed E-state index contributed by atoms with van der Waals surface area (Å²) in [6.07, 6.45) is -4.67. The van der Waals surface area contributed by atoms with E-state index in [9.17, 15) is 13.2 Å². The van der Waals surface area contributed by atoms with E-state index in [4.69, 9.17) is 0 Å². The summed E-state index contributed by atoms with van der Waals surface area (Å²) in [5, 5.41) is 0. The first-order valence-electron chi connectivity index (χ1n) is 5.05. The molecule has 92 valence electrons. The second-order valence-electron chi connectivity index (χ2n) is 4.58. The van der Waals surface area contributed by atoms with Gasteiger partial charge in [-0.1, -0.05) is 17.9 Å². The molecule has 0 fully saturated rings. The number of halogens is 3. The van der Waals surface area contributed by atoms with Gasteiger partial charge in [0.25, 0.3) is 0 Å². The smallest absolute Gasteiger partial charge is 0.406 e. The molecule has 4 heteroatoms. The molecular formula is C13H13F3O. The molecule has 1 rings (SSSR count). The molecule has 0 N–H and O–H groups in total. The van der Waals surface area contributed by atoms with Gasteiger partial charge in [0, 0.05) is 11.0 Å². The Kier molecular flexibility index (Phi) is 3.72. The molecule has 17 heavy (non-hydrogen) atoms. The first-order valence-corrected chi connectivity index (χ1v) is 5.05. The van der Waals surface area contributed by atoms with E-state index in [1.807, 2.05) is 20.8 Å². The van der Waals surface area contributed by atoms with Crippen molar-refractivity contribution in [2.24, 2.45) is 5.41 Å². The highest BCUT2D eigenvalue weighted by molar-refractivity contribution is 5.40. The van der Waals surface area contributed by atoms with Gasteiger partial charge in [0.15, 0.2) is 0 Å². The van der Waals surface area contributed by atoms with Crippen LogP contribution in [-0.2, 0) is 0 Å². The van der Waals surface area contributed by atoms with Crippen molar-refractivity contribution in [1.29, 1.82) is 0 Å². The van der Waals surface area contributed by atoms with E-state index in [-0.39, 0.29) is 11.2 Å². The quantitative estimate of drug-likeness (QED) is 0.677. The minimum absolute atomic E-state index is 0.194. The van der Waals surface area contributed by atoms with Crippen molar-refractivity contribution in [3.05, 3.63) is 29.8 Å². The Hall–Kier alpha value is -1.63. The fourth-order valence-corrected chi connectivity index (χ4v) is 1.03. The number of rotatable bonds is 1. The van der Waals surface area contributed by atoms with Gasteiger partial charge >= 0.3 is 6.36 Å². The van der Waals surface area contributed by atoms with Crippen molar-refractivity contribution < 1.29 is 17.9 Å². The Labute approximate surface area is 98.6 Å². The molecular weight excluding hydrogens is 229 g/mol. The van der Waals surface area contributed by atoms with Crippen LogP contribution in [0.4, 0.5) is 13.2 Å². The lowest BCUT2D eigenvalue weighted by Crippen LogP contribution is -2.17. The molecule has 0 atom stereocenters. The van der Waals surface area contributed by atoms with Crippen molar-refractivity contribution in [2.75, 3.05) is 0 Å². The van der Waals surface area contributed by atoms with Crippen LogP contribution in [0.5, 0.6) is 5.75 Å². The van der Waals surface area contributed by atoms with Crippen LogP contribution in [0, 0.1) is 17.3 Å². The summed E-state index contributed by atoms with van der Waals surface area (Å²) in [4.78, 5) is 0. The topological polar surface area (TPSA) is 9.23 Å². The van der Waals surface area contributed by atoms with Gasteiger partial charge in [-0.05, 0) is 39.0 Å². The molecule has 0 aromatic heterocycles. The lowest BCUT2D eigenvalue weighted by atomic mass is 9.97. The zero-order valence-electron chi connectivity index (χ0n) is 9.85. The summed E-state index contributed by atoms with van der Waals surface area (Å²) < 4.78 is 39.8. The van der Waals surface area contributed by atoms with Gasteiger partial charge in [-0.3, -0.25) is 0 Å². The van der Waals surface area contributed by atoms with Gasteiger partial charge in [-0.2, -0.15) is 0 Å². The molecule has 0 bridgehead atoms. The zero-order chi connectivity index (χ0) is 13.1. The third-order valence-corrected chi connectivity index (χ3v) is 1.65. The highest BCUT2D eigenvalue weighted by atomic mass is 19.4. The summed E-state index contributed by atoms with van der Waals surface area (Å²) in [5.41, 5.74) is 0.308. The van der Waals surface area contributed by atoms with Crippen LogP contribution in [0.15, 0.2) is 24.3 Å². The van der Waals surface area contributed by atoms with E-state index in [1.165, 1.54) is 18.2 Å². The predicted octanol–water partition coefficient (Wildman–Crippen LogP) is 3.98. The summed E-state index contributed by atoms with van der Waals surface area (Å²) >= 11 is 0. The normalized spacial score (nSPS) is 11.6. The van der Waals surface area contributed by atoms with Crippen LogP contribution in [0.2, 0.25) is 0 Å². The maximum absolute atomic E-state index is 12.0. The van der Waals surface area contributed by atoms with E-state index in [1.54, 1.807) is 6.07 Å². The lowest BCUT2D eigenvalue weighted by molar-refractivity contribution is -0.274. The first-order chi connectivity index (χ1) is 7.66. The Morgan fingerprint density at radius 1 is 1.12 bits per heavy atom. The maximum atomic E-state index is 12.0. The highest BCUT2D eigenvalue weighted by Crippen LogP contribution is 2.23. The average Bonchev–Trinajstić information content (AvgIpc) is 2.11. The fraction of sp³-hybridized carbons (Fsp3) is 0.385.